The summed E-state index contributed by atoms with van der Waals surface area (Å²) in [5.41, 5.74) is 0.529. The number of rotatable bonds is 7. The highest BCUT2D eigenvalue weighted by Crippen LogP contribution is 2.31. The Hall–Kier alpha value is -3.02. The second kappa shape index (κ2) is 9.86. The summed E-state index contributed by atoms with van der Waals surface area (Å²) in [6.07, 6.45) is -0.699. The van der Waals surface area contributed by atoms with Gasteiger partial charge in [-0.1, -0.05) is 77.9 Å². The Morgan fingerprint density at radius 3 is 1.87 bits per heavy atom. The van der Waals surface area contributed by atoms with Crippen molar-refractivity contribution in [2.75, 3.05) is 7.11 Å². The van der Waals surface area contributed by atoms with Crippen molar-refractivity contribution in [2.45, 2.75) is 54.3 Å². The summed E-state index contributed by atoms with van der Waals surface area (Å²) in [6, 6.07) is 15.2. The van der Waals surface area contributed by atoms with E-state index in [4.69, 9.17) is 9.47 Å². The normalized spacial score (nSPS) is 11.7. The van der Waals surface area contributed by atoms with Crippen molar-refractivity contribution < 1.29 is 19.1 Å². The third kappa shape index (κ3) is 7.02. The number of amides is 2. The number of ether oxygens (including phenoxy) is 2. The van der Waals surface area contributed by atoms with Gasteiger partial charge in [0.1, 0.15) is 12.8 Å². The van der Waals surface area contributed by atoms with E-state index in [1.54, 1.807) is 19.2 Å². The van der Waals surface area contributed by atoms with Gasteiger partial charge >= 0.3 is 0 Å². The fourth-order valence-electron chi connectivity index (χ4n) is 2.62. The lowest BCUT2D eigenvalue weighted by Gasteiger charge is -2.28. The van der Waals surface area contributed by atoms with Gasteiger partial charge in [0.25, 0.3) is 0 Å². The Balaban J connectivity index is 2.29. The Morgan fingerprint density at radius 1 is 0.839 bits per heavy atom. The van der Waals surface area contributed by atoms with E-state index < -0.39 is 17.0 Å². The lowest BCUT2D eigenvalue weighted by molar-refractivity contribution is -0.132. The van der Waals surface area contributed by atoms with Crippen LogP contribution in [0.15, 0.2) is 48.5 Å². The molecule has 2 aromatic carbocycles. The van der Waals surface area contributed by atoms with Gasteiger partial charge in [-0.2, -0.15) is 0 Å². The van der Waals surface area contributed by atoms with E-state index in [1.807, 2.05) is 77.9 Å². The predicted molar refractivity (Wildman–Crippen MR) is 122 cm³/mol. The first-order valence-corrected chi connectivity index (χ1v) is 10.4. The molecule has 2 N–H and O–H groups in total. The average Bonchev–Trinajstić information content (AvgIpc) is 2.70. The average molecular weight is 427 g/mol. The highest BCUT2D eigenvalue weighted by molar-refractivity contribution is 5.84. The van der Waals surface area contributed by atoms with E-state index >= 15 is 0 Å². The molecule has 6 heteroatoms. The number of hydrogen-bond acceptors (Lipinski definition) is 4. The molecule has 0 radical (unpaired) electrons. The minimum Gasteiger partial charge on any atom is -0.493 e. The fraction of sp³-hybridized carbons (Fsp3) is 0.440. The van der Waals surface area contributed by atoms with E-state index in [-0.39, 0.29) is 11.8 Å². The zero-order chi connectivity index (χ0) is 23.2. The largest absolute Gasteiger partial charge is 0.493 e. The van der Waals surface area contributed by atoms with Crippen LogP contribution in [0.2, 0.25) is 0 Å². The van der Waals surface area contributed by atoms with Crippen LogP contribution in [0, 0.1) is 10.8 Å². The molecule has 0 aliphatic heterocycles. The van der Waals surface area contributed by atoms with Gasteiger partial charge < -0.3 is 20.1 Å². The molecule has 0 unspecified atom stereocenters. The number of hydrogen-bond donors (Lipinski definition) is 2. The van der Waals surface area contributed by atoms with Crippen LogP contribution in [0.3, 0.4) is 0 Å². The summed E-state index contributed by atoms with van der Waals surface area (Å²) in [6.45, 7) is 11.4. The van der Waals surface area contributed by atoms with Crippen LogP contribution in [0.4, 0.5) is 0 Å². The molecule has 0 aliphatic rings. The first-order valence-electron chi connectivity index (χ1n) is 10.4. The number of nitrogens with one attached hydrogen (secondary N) is 2. The van der Waals surface area contributed by atoms with Gasteiger partial charge in [0.05, 0.1) is 7.11 Å². The van der Waals surface area contributed by atoms with E-state index in [0.717, 1.165) is 5.56 Å². The van der Waals surface area contributed by atoms with Crippen LogP contribution in [-0.4, -0.2) is 18.9 Å². The molecule has 2 rings (SSSR count). The Morgan fingerprint density at radius 2 is 1.39 bits per heavy atom. The van der Waals surface area contributed by atoms with E-state index in [0.29, 0.717) is 23.7 Å². The third-order valence-corrected chi connectivity index (χ3v) is 4.67. The summed E-state index contributed by atoms with van der Waals surface area (Å²) < 4.78 is 11.4. The van der Waals surface area contributed by atoms with Crippen LogP contribution in [0.5, 0.6) is 11.5 Å². The van der Waals surface area contributed by atoms with Crippen LogP contribution in [0.25, 0.3) is 0 Å². The highest BCUT2D eigenvalue weighted by Gasteiger charge is 2.29. The topological polar surface area (TPSA) is 76.7 Å². The van der Waals surface area contributed by atoms with Crippen molar-refractivity contribution in [1.82, 2.24) is 10.6 Å². The third-order valence-electron chi connectivity index (χ3n) is 4.67. The smallest absolute Gasteiger partial charge is 0.227 e. The van der Waals surface area contributed by atoms with Gasteiger partial charge in [-0.25, -0.2) is 0 Å². The monoisotopic (exact) mass is 426 g/mol. The number of benzene rings is 2. The molecule has 0 fully saturated rings. The van der Waals surface area contributed by atoms with Gasteiger partial charge in [-0.3, -0.25) is 9.59 Å². The van der Waals surface area contributed by atoms with Crippen molar-refractivity contribution in [3.05, 3.63) is 59.7 Å². The van der Waals surface area contributed by atoms with Crippen molar-refractivity contribution in [3.63, 3.8) is 0 Å². The molecule has 2 aromatic rings. The van der Waals surface area contributed by atoms with E-state index in [2.05, 4.69) is 10.6 Å². The fourth-order valence-corrected chi connectivity index (χ4v) is 2.62. The van der Waals surface area contributed by atoms with Crippen molar-refractivity contribution in [2.24, 2.45) is 10.8 Å². The summed E-state index contributed by atoms with van der Waals surface area (Å²) >= 11 is 0. The Kier molecular flexibility index (Phi) is 7.71. The molecule has 0 aromatic heterocycles. The molecule has 0 spiro atoms. The summed E-state index contributed by atoms with van der Waals surface area (Å²) in [5, 5.41) is 5.88. The lowest BCUT2D eigenvalue weighted by Crippen LogP contribution is -2.47. The second-order valence-corrected chi connectivity index (χ2v) is 9.56. The second-order valence-electron chi connectivity index (χ2n) is 9.56. The van der Waals surface area contributed by atoms with Crippen molar-refractivity contribution >= 4 is 11.8 Å². The van der Waals surface area contributed by atoms with Gasteiger partial charge in [-0.05, 0) is 23.3 Å². The highest BCUT2D eigenvalue weighted by atomic mass is 16.5. The molecule has 0 saturated heterocycles. The molecule has 0 atom stereocenters. The molecule has 2 amide bonds. The lowest BCUT2D eigenvalue weighted by atomic mass is 9.94. The first-order chi connectivity index (χ1) is 14.4. The van der Waals surface area contributed by atoms with Gasteiger partial charge in [0.2, 0.25) is 11.8 Å². The van der Waals surface area contributed by atoms with E-state index in [1.165, 1.54) is 0 Å². The van der Waals surface area contributed by atoms with Gasteiger partial charge in [-0.15, -0.1) is 0 Å². The maximum absolute atomic E-state index is 12.6. The molecule has 0 aliphatic carbocycles. The Labute approximate surface area is 185 Å². The van der Waals surface area contributed by atoms with Crippen LogP contribution in [0.1, 0.15) is 58.8 Å². The quantitative estimate of drug-likeness (QED) is 0.635. The molecule has 168 valence electrons. The van der Waals surface area contributed by atoms with Gasteiger partial charge in [0.15, 0.2) is 11.5 Å². The molecule has 6 nitrogen and oxygen atoms in total. The number of methoxy groups -OCH3 is 1. The maximum Gasteiger partial charge on any atom is 0.227 e. The standard InChI is InChI=1S/C25H34N2O4/c1-24(2,3)22(28)26-21(27-23(29)25(4,5)6)18-13-14-19(20(15-18)30-7)31-16-17-11-9-8-10-12-17/h8-15,21H,16H2,1-7H3,(H,26,28)(H,27,29). The molecule has 0 heterocycles. The number of carbonyl (C=O) groups excluding carboxylic acids is 2. The minimum absolute atomic E-state index is 0.171. The summed E-state index contributed by atoms with van der Waals surface area (Å²) in [7, 11) is 1.56. The maximum atomic E-state index is 12.6. The van der Waals surface area contributed by atoms with Crippen LogP contribution in [-0.2, 0) is 16.2 Å². The minimum atomic E-state index is -0.699. The predicted octanol–water partition coefficient (Wildman–Crippen LogP) is 4.60. The zero-order valence-electron chi connectivity index (χ0n) is 19.5. The molecule has 0 saturated carbocycles. The Bertz CT molecular complexity index is 868. The SMILES string of the molecule is COc1cc(C(NC(=O)C(C)(C)C)NC(=O)C(C)(C)C)ccc1OCc1ccccc1. The van der Waals surface area contributed by atoms with E-state index in [9.17, 15) is 9.59 Å². The molecule has 31 heavy (non-hydrogen) atoms. The zero-order valence-corrected chi connectivity index (χ0v) is 19.5. The molecular weight excluding hydrogens is 392 g/mol. The molecular formula is C25H34N2O4. The first kappa shape index (κ1) is 24.3. The van der Waals surface area contributed by atoms with Crippen molar-refractivity contribution in [3.8, 4) is 11.5 Å². The van der Waals surface area contributed by atoms with Crippen LogP contribution >= 0.6 is 0 Å². The number of carbonyl (C=O) groups is 2. The summed E-state index contributed by atoms with van der Waals surface area (Å²) in [5.74, 6) is 0.761. The summed E-state index contributed by atoms with van der Waals surface area (Å²) in [4.78, 5) is 25.3. The van der Waals surface area contributed by atoms with Crippen LogP contribution < -0.4 is 20.1 Å². The van der Waals surface area contributed by atoms with Gasteiger partial charge in [0, 0.05) is 10.8 Å². The molecule has 0 bridgehead atoms. The van der Waals surface area contributed by atoms with Crippen molar-refractivity contribution in [1.29, 1.82) is 0 Å².